The first-order chi connectivity index (χ1) is 25.1. The van der Waals surface area contributed by atoms with E-state index in [-0.39, 0.29) is 19.4 Å². The Labute approximate surface area is 299 Å². The molecule has 0 aliphatic carbocycles. The van der Waals surface area contributed by atoms with Gasteiger partial charge in [-0.05, 0) is 18.6 Å². The van der Waals surface area contributed by atoms with Crippen molar-refractivity contribution >= 4 is 46.6 Å². The van der Waals surface area contributed by atoms with Gasteiger partial charge >= 0.3 is 23.7 Å². The number of hydrogen-bond acceptors (Lipinski definition) is 11. The number of amides is 5. The van der Waals surface area contributed by atoms with Crippen LogP contribution in [0.5, 0.6) is 0 Å². The minimum atomic E-state index is -1.82. The summed E-state index contributed by atoms with van der Waals surface area (Å²) in [6, 6.07) is 0.988. The zero-order valence-corrected chi connectivity index (χ0v) is 28.6. The molecule has 286 valence electrons. The molecule has 1 saturated heterocycles. The number of likely N-dealkylation sites (N-methyl/N-ethyl adjacent to an activating group) is 1. The van der Waals surface area contributed by atoms with Crippen LogP contribution < -0.4 is 38.2 Å². The summed E-state index contributed by atoms with van der Waals surface area (Å²) in [5.74, 6) is -5.57. The fourth-order valence-corrected chi connectivity index (χ4v) is 5.78. The number of carbonyl (C=O) groups excluding carboxylic acids is 4. The predicted octanol–water partition coefficient (Wildman–Crippen LogP) is -3.09. The van der Waals surface area contributed by atoms with E-state index in [0.29, 0.717) is 5.56 Å². The standard InChI is InChI=1S/C32H41N9O12/c1-15(40(2)24(44)12-33)26(28(48)35-14-17-10-22(42)29(53-17)41-8-7-23(43)38-32(41)52)39-27(47)20(11-25(45)46)36-31(51)37-21(30(49)50)9-16-13-34-19-6-4-3-5-18(16)19/h3-8,13,15,17,20-22,26,29,34,42H,9-12,14,33H2,1-2H3,(H,35,48)(H,39,47)(H,45,46)(H,49,50)(H2,36,37,51)(H,38,43,52)/t15-,17+,20-,21-,22+,26-,29+/m0/s1. The summed E-state index contributed by atoms with van der Waals surface area (Å²) in [7, 11) is 1.31. The number of aliphatic hydroxyl groups is 1. The third-order valence-corrected chi connectivity index (χ3v) is 8.74. The number of hydrogen-bond donors (Lipinski definition) is 10. The van der Waals surface area contributed by atoms with Gasteiger partial charge < -0.3 is 56.9 Å². The number of H-pyrrole nitrogens is 2. The minimum absolute atomic E-state index is 0.0496. The molecular formula is C32H41N9O12. The molecule has 1 aromatic carbocycles. The molecule has 4 rings (SSSR count). The van der Waals surface area contributed by atoms with E-state index in [1.165, 1.54) is 14.0 Å². The number of carboxylic acid groups (broad SMARTS) is 2. The Balaban J connectivity index is 1.46. The highest BCUT2D eigenvalue weighted by molar-refractivity contribution is 5.95. The molecule has 0 bridgehead atoms. The van der Waals surface area contributed by atoms with E-state index in [9.17, 15) is 53.7 Å². The lowest BCUT2D eigenvalue weighted by atomic mass is 10.0. The maximum atomic E-state index is 13.6. The Morgan fingerprint density at radius 1 is 1.04 bits per heavy atom. The topological polar surface area (TPSA) is 320 Å². The molecule has 1 fully saturated rings. The molecule has 0 radical (unpaired) electrons. The molecule has 3 aromatic rings. The summed E-state index contributed by atoms with van der Waals surface area (Å²) >= 11 is 0. The Morgan fingerprint density at radius 2 is 1.74 bits per heavy atom. The van der Waals surface area contributed by atoms with Crippen LogP contribution in [0.1, 0.15) is 31.6 Å². The van der Waals surface area contributed by atoms with Gasteiger partial charge in [-0.1, -0.05) is 18.2 Å². The Kier molecular flexibility index (Phi) is 13.1. The number of nitrogens with zero attached hydrogens (tertiary/aromatic N) is 2. The van der Waals surface area contributed by atoms with Gasteiger partial charge in [0.2, 0.25) is 17.7 Å². The molecule has 7 atom stereocenters. The number of ether oxygens (including phenoxy) is 1. The summed E-state index contributed by atoms with van der Waals surface area (Å²) in [6.07, 6.45) is -1.71. The lowest BCUT2D eigenvalue weighted by Gasteiger charge is -2.32. The van der Waals surface area contributed by atoms with E-state index in [2.05, 4.69) is 26.3 Å². The van der Waals surface area contributed by atoms with Gasteiger partial charge in [0.1, 0.15) is 24.2 Å². The quantitative estimate of drug-likeness (QED) is 0.0697. The lowest BCUT2D eigenvalue weighted by molar-refractivity contribution is -0.141. The van der Waals surface area contributed by atoms with Crippen LogP contribution in [0.25, 0.3) is 10.9 Å². The van der Waals surface area contributed by atoms with Gasteiger partial charge in [0.05, 0.1) is 25.1 Å². The van der Waals surface area contributed by atoms with Crippen molar-refractivity contribution in [1.29, 1.82) is 0 Å². The number of aliphatic carboxylic acids is 2. The van der Waals surface area contributed by atoms with Crippen molar-refractivity contribution in [2.45, 2.75) is 68.8 Å². The van der Waals surface area contributed by atoms with E-state index >= 15 is 0 Å². The Bertz CT molecular complexity index is 1960. The highest BCUT2D eigenvalue weighted by Gasteiger charge is 2.38. The van der Waals surface area contributed by atoms with Crippen molar-refractivity contribution in [3.63, 3.8) is 0 Å². The molecule has 1 aliphatic heterocycles. The number of carboxylic acids is 2. The lowest BCUT2D eigenvalue weighted by Crippen LogP contribution is -2.62. The van der Waals surface area contributed by atoms with Gasteiger partial charge in [0.25, 0.3) is 5.56 Å². The number of fused-ring (bicyclic) bond motifs is 1. The second-order valence-corrected chi connectivity index (χ2v) is 12.4. The molecule has 1 aliphatic rings. The second-order valence-electron chi connectivity index (χ2n) is 12.4. The fraction of sp³-hybridized carbons (Fsp3) is 0.438. The third kappa shape index (κ3) is 10.1. The molecule has 2 aromatic heterocycles. The number of nitrogens with one attached hydrogen (secondary N) is 6. The minimum Gasteiger partial charge on any atom is -0.481 e. The number of carbonyl (C=O) groups is 6. The summed E-state index contributed by atoms with van der Waals surface area (Å²) in [5.41, 5.74) is 5.31. The number of para-hydroxylation sites is 1. The van der Waals surface area contributed by atoms with Crippen molar-refractivity contribution in [3.8, 4) is 0 Å². The van der Waals surface area contributed by atoms with Gasteiger partial charge in [0, 0.05) is 55.8 Å². The number of urea groups is 1. The van der Waals surface area contributed by atoms with Crippen LogP contribution in [0.4, 0.5) is 4.79 Å². The average Bonchev–Trinajstić information content (AvgIpc) is 3.70. The van der Waals surface area contributed by atoms with Crippen LogP contribution in [0.2, 0.25) is 0 Å². The summed E-state index contributed by atoms with van der Waals surface area (Å²) in [6.45, 7) is 0.695. The molecule has 5 amide bonds. The van der Waals surface area contributed by atoms with E-state index < -0.39 is 103 Å². The normalized spacial score (nSPS) is 19.0. The maximum absolute atomic E-state index is 13.6. The second kappa shape index (κ2) is 17.4. The number of aliphatic hydroxyl groups excluding tert-OH is 1. The number of rotatable bonds is 16. The zero-order valence-electron chi connectivity index (χ0n) is 28.6. The smallest absolute Gasteiger partial charge is 0.330 e. The first-order valence-corrected chi connectivity index (χ1v) is 16.3. The molecule has 11 N–H and O–H groups in total. The number of nitrogens with two attached hydrogens (primary N) is 1. The molecule has 0 unspecified atom stereocenters. The first kappa shape index (κ1) is 39.7. The molecule has 0 spiro atoms. The van der Waals surface area contributed by atoms with E-state index in [1.807, 2.05) is 4.98 Å². The number of aromatic nitrogens is 3. The molecule has 21 nitrogen and oxygen atoms in total. The molecule has 53 heavy (non-hydrogen) atoms. The van der Waals surface area contributed by atoms with E-state index in [4.69, 9.17) is 10.5 Å². The zero-order chi connectivity index (χ0) is 39.0. The van der Waals surface area contributed by atoms with E-state index in [0.717, 1.165) is 32.6 Å². The van der Waals surface area contributed by atoms with Crippen LogP contribution in [0, 0.1) is 0 Å². The van der Waals surface area contributed by atoms with Crippen LogP contribution in [-0.2, 0) is 35.1 Å². The summed E-state index contributed by atoms with van der Waals surface area (Å²) in [5, 5.41) is 39.9. The Hall–Kier alpha value is -6.06. The van der Waals surface area contributed by atoms with Crippen LogP contribution in [0.3, 0.4) is 0 Å². The maximum Gasteiger partial charge on any atom is 0.330 e. The van der Waals surface area contributed by atoms with Crippen molar-refractivity contribution in [2.75, 3.05) is 20.1 Å². The highest BCUT2D eigenvalue weighted by Crippen LogP contribution is 2.27. The van der Waals surface area contributed by atoms with E-state index in [1.54, 1.807) is 30.5 Å². The van der Waals surface area contributed by atoms with Gasteiger partial charge in [-0.2, -0.15) is 0 Å². The van der Waals surface area contributed by atoms with Crippen LogP contribution in [0.15, 0.2) is 52.3 Å². The van der Waals surface area contributed by atoms with Gasteiger partial charge in [-0.3, -0.25) is 33.5 Å². The number of aromatic amines is 2. The molecule has 3 heterocycles. The monoisotopic (exact) mass is 743 g/mol. The fourth-order valence-electron chi connectivity index (χ4n) is 5.78. The summed E-state index contributed by atoms with van der Waals surface area (Å²) in [4.78, 5) is 106. The van der Waals surface area contributed by atoms with Crippen molar-refractivity contribution in [1.82, 2.24) is 40.7 Å². The van der Waals surface area contributed by atoms with Crippen molar-refractivity contribution in [3.05, 3.63) is 69.1 Å². The van der Waals surface area contributed by atoms with Crippen LogP contribution in [-0.4, -0.2) is 127 Å². The predicted molar refractivity (Wildman–Crippen MR) is 183 cm³/mol. The molecular weight excluding hydrogens is 702 g/mol. The van der Waals surface area contributed by atoms with Crippen molar-refractivity contribution < 1.29 is 48.8 Å². The van der Waals surface area contributed by atoms with Gasteiger partial charge in [-0.15, -0.1) is 0 Å². The average molecular weight is 744 g/mol. The SMILES string of the molecule is C[C@@H]([C@H](NC(=O)[C@H](CC(=O)O)NC(=O)N[C@@H](Cc1c[nH]c2ccccc12)C(=O)O)C(=O)NC[C@H]1C[C@@H](O)[C@H](n2ccc(=O)[nH]c2=O)O1)N(C)C(=O)CN. The van der Waals surface area contributed by atoms with Crippen LogP contribution >= 0.6 is 0 Å². The van der Waals surface area contributed by atoms with Gasteiger partial charge in [0.15, 0.2) is 6.23 Å². The summed E-state index contributed by atoms with van der Waals surface area (Å²) < 4.78 is 6.70. The largest absolute Gasteiger partial charge is 0.481 e. The third-order valence-electron chi connectivity index (χ3n) is 8.74. The highest BCUT2D eigenvalue weighted by atomic mass is 16.5. The van der Waals surface area contributed by atoms with Gasteiger partial charge in [-0.25, -0.2) is 14.4 Å². The molecule has 21 heteroatoms. The number of benzene rings is 1. The molecule has 0 saturated carbocycles. The van der Waals surface area contributed by atoms with Crippen molar-refractivity contribution in [2.24, 2.45) is 5.73 Å². The first-order valence-electron chi connectivity index (χ1n) is 16.3. The Morgan fingerprint density at radius 3 is 2.40 bits per heavy atom.